The molecule has 1 unspecified atom stereocenters. The van der Waals surface area contributed by atoms with Crippen LogP contribution in [0.1, 0.15) is 34.7 Å². The first-order valence-electron chi connectivity index (χ1n) is 22.7. The first-order chi connectivity index (χ1) is 32.1. The fraction of sp³-hybridized carbons (Fsp3) is 0.0635. The van der Waals surface area contributed by atoms with Crippen LogP contribution in [-0.2, 0) is 6.42 Å². The number of para-hydroxylation sites is 2. The van der Waals surface area contributed by atoms with Crippen molar-refractivity contribution >= 4 is 72.1 Å². The highest BCUT2D eigenvalue weighted by atomic mass is 16.3. The van der Waals surface area contributed by atoms with Gasteiger partial charge in [0, 0.05) is 38.7 Å². The maximum atomic E-state index is 7.08. The van der Waals surface area contributed by atoms with Crippen molar-refractivity contribution in [1.29, 1.82) is 0 Å². The van der Waals surface area contributed by atoms with Gasteiger partial charge in [-0.25, -0.2) is 0 Å². The number of anilines is 2. The molecule has 10 aromatic rings. The minimum absolute atomic E-state index is 0.379. The van der Waals surface area contributed by atoms with Gasteiger partial charge in [0.1, 0.15) is 11.2 Å². The zero-order valence-corrected chi connectivity index (χ0v) is 36.3. The van der Waals surface area contributed by atoms with E-state index in [2.05, 4.69) is 231 Å². The van der Waals surface area contributed by atoms with E-state index in [4.69, 9.17) is 4.42 Å². The van der Waals surface area contributed by atoms with Crippen molar-refractivity contribution in [3.8, 4) is 33.4 Å². The fourth-order valence-electron chi connectivity index (χ4n) is 11.1. The Hall–Kier alpha value is -8.16. The topological polar surface area (TPSA) is 16.4 Å². The highest BCUT2D eigenvalue weighted by Gasteiger charge is 2.28. The summed E-state index contributed by atoms with van der Waals surface area (Å²) < 4.78 is 7.08. The van der Waals surface area contributed by atoms with Gasteiger partial charge in [-0.05, 0) is 121 Å². The van der Waals surface area contributed by atoms with Crippen molar-refractivity contribution in [2.45, 2.75) is 20.3 Å². The van der Waals surface area contributed by atoms with Crippen molar-refractivity contribution in [2.24, 2.45) is 5.92 Å². The monoisotopic (exact) mass is 829 g/mol. The second-order valence-corrected chi connectivity index (χ2v) is 17.7. The molecule has 1 aromatic heterocycles. The Morgan fingerprint density at radius 3 is 1.80 bits per heavy atom. The standard InChI is InChI=1S/C63H43NO/c1-39-36-43-18-6-7-19-44(43)38-57(39)56-29-15-28-55-54-27-14-26-53(62(54)65-63(55)56)48-34-35-58-59(40(48)2)45-20-8-9-21-47(37-45)64(58)46-32-30-42(31-33-46)61-51-24-12-10-22-49(51)60(41-16-4-3-5-17-41)50-23-11-13-25-52(50)61/h3-35,38-39H,36H2,1-2H3. The smallest absolute Gasteiger partial charge is 0.143 e. The quantitative estimate of drug-likeness (QED) is 0.127. The zero-order chi connectivity index (χ0) is 43.2. The molecule has 2 heterocycles. The van der Waals surface area contributed by atoms with Crippen LogP contribution in [0.4, 0.5) is 11.4 Å². The molecule has 0 spiro atoms. The second kappa shape index (κ2) is 14.7. The van der Waals surface area contributed by atoms with Gasteiger partial charge in [-0.15, -0.1) is 0 Å². The van der Waals surface area contributed by atoms with Gasteiger partial charge in [0.15, 0.2) is 0 Å². The van der Waals surface area contributed by atoms with Crippen LogP contribution in [0, 0.1) is 12.8 Å². The van der Waals surface area contributed by atoms with Crippen LogP contribution in [0.25, 0.3) is 94.1 Å². The van der Waals surface area contributed by atoms with Gasteiger partial charge in [-0.2, -0.15) is 0 Å². The second-order valence-electron chi connectivity index (χ2n) is 17.7. The number of nitrogens with zero attached hydrogens (tertiary/aromatic N) is 1. The van der Waals surface area contributed by atoms with Crippen molar-refractivity contribution in [3.63, 3.8) is 0 Å². The number of furan rings is 1. The molecule has 1 atom stereocenters. The van der Waals surface area contributed by atoms with E-state index in [0.717, 1.165) is 62.1 Å². The van der Waals surface area contributed by atoms with Gasteiger partial charge in [0.25, 0.3) is 0 Å². The van der Waals surface area contributed by atoms with Crippen LogP contribution in [0.5, 0.6) is 0 Å². The SMILES string of the molecule is Cc1c(-c2cccc3c2oc2c(C4=Cc5ccccc5CC4C)cccc23)ccc2c1C1=C=C(C=CC=C1)N2c1ccc(-c2c3ccccc3c(-c3ccccc3)c3ccccc23)cc1. The molecule has 13 rings (SSSR count). The summed E-state index contributed by atoms with van der Waals surface area (Å²) >= 11 is 0. The predicted molar refractivity (Wildman–Crippen MR) is 274 cm³/mol. The van der Waals surface area contributed by atoms with E-state index in [9.17, 15) is 0 Å². The number of hydrogen-bond donors (Lipinski definition) is 0. The molecule has 0 saturated carbocycles. The minimum atomic E-state index is 0.379. The highest BCUT2D eigenvalue weighted by Crippen LogP contribution is 2.49. The molecule has 0 saturated heterocycles. The lowest BCUT2D eigenvalue weighted by molar-refractivity contribution is 0.665. The van der Waals surface area contributed by atoms with E-state index in [1.165, 1.54) is 77.2 Å². The van der Waals surface area contributed by atoms with E-state index < -0.39 is 0 Å². The molecule has 9 aromatic carbocycles. The molecular formula is C63H43NO. The summed E-state index contributed by atoms with van der Waals surface area (Å²) in [5.74, 6) is 0.379. The third-order valence-corrected chi connectivity index (χ3v) is 14.0. The van der Waals surface area contributed by atoms with E-state index in [1.807, 2.05) is 0 Å². The molecule has 306 valence electrons. The number of fused-ring (bicyclic) bond motifs is 8. The number of hydrogen-bond acceptors (Lipinski definition) is 2. The normalized spacial score (nSPS) is 15.2. The van der Waals surface area contributed by atoms with Crippen LogP contribution >= 0.6 is 0 Å². The summed E-state index contributed by atoms with van der Waals surface area (Å²) in [6.07, 6.45) is 12.0. The van der Waals surface area contributed by atoms with Gasteiger partial charge in [-0.3, -0.25) is 0 Å². The molecule has 1 aliphatic heterocycles. The Bertz CT molecular complexity index is 3740. The molecule has 2 heteroatoms. The summed E-state index contributed by atoms with van der Waals surface area (Å²) in [5.41, 5.74) is 24.8. The first-order valence-corrected chi connectivity index (χ1v) is 22.7. The van der Waals surface area contributed by atoms with Crippen LogP contribution < -0.4 is 4.90 Å². The Morgan fingerprint density at radius 1 is 0.508 bits per heavy atom. The lowest BCUT2D eigenvalue weighted by atomic mass is 9.81. The van der Waals surface area contributed by atoms with E-state index in [-0.39, 0.29) is 0 Å². The summed E-state index contributed by atoms with van der Waals surface area (Å²) in [5, 5.41) is 7.30. The van der Waals surface area contributed by atoms with E-state index >= 15 is 0 Å². The minimum Gasteiger partial charge on any atom is -0.455 e. The van der Waals surface area contributed by atoms with Gasteiger partial charge < -0.3 is 9.32 Å². The number of allylic oxidation sites excluding steroid dienone is 5. The summed E-state index contributed by atoms with van der Waals surface area (Å²) in [7, 11) is 0. The molecule has 65 heavy (non-hydrogen) atoms. The average molecular weight is 830 g/mol. The molecule has 2 aliphatic carbocycles. The number of rotatable bonds is 5. The molecule has 2 nitrogen and oxygen atoms in total. The number of benzene rings is 9. The fourth-order valence-corrected chi connectivity index (χ4v) is 11.1. The summed E-state index contributed by atoms with van der Waals surface area (Å²) in [6.45, 7) is 4.60. The van der Waals surface area contributed by atoms with Gasteiger partial charge in [-0.1, -0.05) is 189 Å². The Labute approximate surface area is 378 Å². The molecule has 0 amide bonds. The van der Waals surface area contributed by atoms with E-state index in [0.29, 0.717) is 5.92 Å². The highest BCUT2D eigenvalue weighted by molar-refractivity contribution is 6.21. The van der Waals surface area contributed by atoms with Gasteiger partial charge in [0.05, 0.1) is 11.4 Å². The van der Waals surface area contributed by atoms with Crippen molar-refractivity contribution in [1.82, 2.24) is 0 Å². The average Bonchev–Trinajstić information content (AvgIpc) is 3.62. The largest absolute Gasteiger partial charge is 0.455 e. The molecular weight excluding hydrogens is 787 g/mol. The van der Waals surface area contributed by atoms with Gasteiger partial charge >= 0.3 is 0 Å². The summed E-state index contributed by atoms with van der Waals surface area (Å²) in [6, 6.07) is 64.3. The summed E-state index contributed by atoms with van der Waals surface area (Å²) in [4.78, 5) is 2.36. The van der Waals surface area contributed by atoms with E-state index in [1.54, 1.807) is 0 Å². The lowest BCUT2D eigenvalue weighted by Crippen LogP contribution is -2.19. The molecule has 0 radical (unpaired) electrons. The molecule has 3 aliphatic rings. The Morgan fingerprint density at radius 2 is 1.09 bits per heavy atom. The third-order valence-electron chi connectivity index (χ3n) is 14.0. The molecule has 0 fully saturated rings. The van der Waals surface area contributed by atoms with Crippen molar-refractivity contribution in [3.05, 3.63) is 239 Å². The van der Waals surface area contributed by atoms with Crippen LogP contribution in [-0.4, -0.2) is 0 Å². The van der Waals surface area contributed by atoms with Crippen molar-refractivity contribution < 1.29 is 4.42 Å². The maximum absolute atomic E-state index is 7.08. The van der Waals surface area contributed by atoms with Crippen molar-refractivity contribution in [2.75, 3.05) is 4.90 Å². The molecule has 2 bridgehead atoms. The first kappa shape index (κ1) is 37.4. The van der Waals surface area contributed by atoms with Crippen LogP contribution in [0.3, 0.4) is 0 Å². The Balaban J connectivity index is 0.932. The van der Waals surface area contributed by atoms with Crippen LogP contribution in [0.2, 0.25) is 0 Å². The lowest BCUT2D eigenvalue weighted by Gasteiger charge is -2.31. The maximum Gasteiger partial charge on any atom is 0.143 e. The predicted octanol–water partition coefficient (Wildman–Crippen LogP) is 17.1. The molecule has 0 N–H and O–H groups in total. The van der Waals surface area contributed by atoms with Gasteiger partial charge in [0.2, 0.25) is 0 Å². The van der Waals surface area contributed by atoms with Crippen LogP contribution in [0.15, 0.2) is 216 Å². The third kappa shape index (κ3) is 5.82. The zero-order valence-electron chi connectivity index (χ0n) is 36.3. The Kier molecular flexibility index (Phi) is 8.46.